The lowest BCUT2D eigenvalue weighted by molar-refractivity contribution is 0.0982. The van der Waals surface area contributed by atoms with Crippen molar-refractivity contribution in [2.24, 2.45) is 0 Å². The van der Waals surface area contributed by atoms with Gasteiger partial charge >= 0.3 is 0 Å². The van der Waals surface area contributed by atoms with Crippen LogP contribution in [-0.4, -0.2) is 33.5 Å². The van der Waals surface area contributed by atoms with E-state index < -0.39 is 28.1 Å². The summed E-state index contributed by atoms with van der Waals surface area (Å²) in [5.41, 5.74) is 2.06. The molecule has 1 atom stereocenters. The Bertz CT molecular complexity index is 1310. The van der Waals surface area contributed by atoms with Gasteiger partial charge in [-0.2, -0.15) is 0 Å². The predicted octanol–water partition coefficient (Wildman–Crippen LogP) is 4.97. The Hall–Kier alpha value is -3.37. The van der Waals surface area contributed by atoms with Gasteiger partial charge < -0.3 is 9.47 Å². The van der Waals surface area contributed by atoms with Crippen molar-refractivity contribution >= 4 is 15.9 Å². The number of aromatic nitrogens is 1. The Morgan fingerprint density at radius 3 is 2.40 bits per heavy atom. The van der Waals surface area contributed by atoms with Gasteiger partial charge in [-0.15, -0.1) is 0 Å². The summed E-state index contributed by atoms with van der Waals surface area (Å²) < 4.78 is 64.7. The monoisotopic (exact) mass is 504 g/mol. The van der Waals surface area contributed by atoms with Gasteiger partial charge in [0.1, 0.15) is 5.75 Å². The molecule has 1 unspecified atom stereocenters. The number of alkyl halides is 2. The lowest BCUT2D eigenvalue weighted by Crippen LogP contribution is -2.32. The first kappa shape index (κ1) is 26.2. The van der Waals surface area contributed by atoms with Crippen molar-refractivity contribution in [1.82, 2.24) is 9.71 Å². The molecule has 35 heavy (non-hydrogen) atoms. The molecular weight excluding hydrogens is 478 g/mol. The number of hydrogen-bond acceptors (Lipinski definition) is 6. The third kappa shape index (κ3) is 6.40. The van der Waals surface area contributed by atoms with E-state index in [2.05, 4.69) is 9.71 Å². The van der Waals surface area contributed by atoms with Crippen LogP contribution in [0.15, 0.2) is 54.7 Å². The Kier molecular flexibility index (Phi) is 8.18. The van der Waals surface area contributed by atoms with Gasteiger partial charge in [0.05, 0.1) is 24.7 Å². The second-order valence-corrected chi connectivity index (χ2v) is 9.69. The zero-order chi connectivity index (χ0) is 25.8. The van der Waals surface area contributed by atoms with Crippen LogP contribution in [0, 0.1) is 6.92 Å². The van der Waals surface area contributed by atoms with Crippen molar-refractivity contribution in [3.05, 3.63) is 82.7 Å². The highest BCUT2D eigenvalue weighted by atomic mass is 32.2. The minimum absolute atomic E-state index is 0.00582. The van der Waals surface area contributed by atoms with E-state index >= 15 is 0 Å². The summed E-state index contributed by atoms with van der Waals surface area (Å²) >= 11 is 0. The van der Waals surface area contributed by atoms with E-state index in [-0.39, 0.29) is 34.1 Å². The number of pyridine rings is 1. The second-order valence-electron chi connectivity index (χ2n) is 7.97. The van der Waals surface area contributed by atoms with Gasteiger partial charge in [-0.3, -0.25) is 9.78 Å². The maximum Gasteiger partial charge on any atom is 0.265 e. The molecule has 0 aliphatic carbocycles. The number of nitrogens with zero attached hydrogens (tertiary/aromatic N) is 1. The zero-order valence-electron chi connectivity index (χ0n) is 19.7. The van der Waals surface area contributed by atoms with E-state index in [1.54, 1.807) is 38.3 Å². The number of sulfonamides is 1. The van der Waals surface area contributed by atoms with Crippen LogP contribution in [0.5, 0.6) is 5.75 Å². The molecule has 0 aliphatic heterocycles. The van der Waals surface area contributed by atoms with Crippen molar-refractivity contribution in [1.29, 1.82) is 0 Å². The normalized spacial score (nSPS) is 12.4. The first-order valence-corrected chi connectivity index (χ1v) is 12.3. The van der Waals surface area contributed by atoms with Crippen LogP contribution in [0.1, 0.15) is 52.2 Å². The fourth-order valence-electron chi connectivity index (χ4n) is 3.48. The molecule has 1 amide bonds. The van der Waals surface area contributed by atoms with E-state index in [1.807, 2.05) is 6.92 Å². The van der Waals surface area contributed by atoms with Gasteiger partial charge in [0.2, 0.25) is 10.0 Å². The quantitative estimate of drug-likeness (QED) is 0.442. The number of halogens is 2. The number of aryl methyl sites for hydroxylation is 1. The number of rotatable bonds is 9. The van der Waals surface area contributed by atoms with Crippen LogP contribution < -0.4 is 9.46 Å². The molecular formula is C25H26F2N2O5S. The van der Waals surface area contributed by atoms with Crippen LogP contribution in [0.3, 0.4) is 0 Å². The number of carbonyl (C=O) groups is 1. The number of ether oxygens (including phenoxy) is 2. The molecule has 7 nitrogen and oxygen atoms in total. The standard InChI is InChI=1S/C25H26F2N2O5S/c1-15-5-8-19(20(11-15)21-12-18(24(26)27)7-10-23(21)34-4)25(30)29-35(31,32)14-17-6-9-22(28-13-17)16(2)33-3/h5-13,16,24H,14H2,1-4H3,(H,29,30). The topological polar surface area (TPSA) is 94.6 Å². The largest absolute Gasteiger partial charge is 0.496 e. The number of amides is 1. The smallest absolute Gasteiger partial charge is 0.265 e. The van der Waals surface area contributed by atoms with Crippen LogP contribution in [0.4, 0.5) is 8.78 Å². The number of hydrogen-bond donors (Lipinski definition) is 1. The first-order chi connectivity index (χ1) is 16.5. The summed E-state index contributed by atoms with van der Waals surface area (Å²) in [4.78, 5) is 17.2. The van der Waals surface area contributed by atoms with Crippen LogP contribution in [0.25, 0.3) is 11.1 Å². The molecule has 3 aromatic rings. The SMILES string of the molecule is COc1ccc(C(F)F)cc1-c1cc(C)ccc1C(=O)NS(=O)(=O)Cc1ccc(C(C)OC)nc1. The Morgan fingerprint density at radius 2 is 1.80 bits per heavy atom. The van der Waals surface area contributed by atoms with Crippen LogP contribution >= 0.6 is 0 Å². The maximum atomic E-state index is 13.3. The molecule has 186 valence electrons. The summed E-state index contributed by atoms with van der Waals surface area (Å²) in [6.45, 7) is 3.58. The fourth-order valence-corrected chi connectivity index (χ4v) is 4.56. The highest BCUT2D eigenvalue weighted by Crippen LogP contribution is 2.36. The summed E-state index contributed by atoms with van der Waals surface area (Å²) in [7, 11) is -1.17. The lowest BCUT2D eigenvalue weighted by Gasteiger charge is -2.16. The molecule has 0 fully saturated rings. The average molecular weight is 505 g/mol. The molecule has 0 spiro atoms. The van der Waals surface area contributed by atoms with E-state index in [0.717, 1.165) is 5.56 Å². The van der Waals surface area contributed by atoms with Crippen molar-refractivity contribution in [3.8, 4) is 16.9 Å². The number of nitrogens with one attached hydrogen (secondary N) is 1. The van der Waals surface area contributed by atoms with Crippen LogP contribution in [-0.2, 0) is 20.5 Å². The van der Waals surface area contributed by atoms with Gasteiger partial charge in [0.15, 0.2) is 0 Å². The summed E-state index contributed by atoms with van der Waals surface area (Å²) in [5.74, 6) is -1.09. The molecule has 1 heterocycles. The van der Waals surface area contributed by atoms with E-state index in [4.69, 9.17) is 9.47 Å². The Labute approximate surface area is 203 Å². The van der Waals surface area contributed by atoms with Crippen molar-refractivity contribution in [3.63, 3.8) is 0 Å². The highest BCUT2D eigenvalue weighted by molar-refractivity contribution is 7.89. The lowest BCUT2D eigenvalue weighted by atomic mass is 9.95. The third-order valence-electron chi connectivity index (χ3n) is 5.41. The molecule has 10 heteroatoms. The second kappa shape index (κ2) is 10.9. The van der Waals surface area contributed by atoms with Crippen molar-refractivity contribution in [2.75, 3.05) is 14.2 Å². The molecule has 0 aliphatic rings. The van der Waals surface area contributed by atoms with E-state index in [1.165, 1.54) is 37.6 Å². The van der Waals surface area contributed by atoms with Gasteiger partial charge in [0.25, 0.3) is 12.3 Å². The summed E-state index contributed by atoms with van der Waals surface area (Å²) in [5, 5.41) is 0. The molecule has 0 radical (unpaired) electrons. The number of benzene rings is 2. The van der Waals surface area contributed by atoms with E-state index in [0.29, 0.717) is 11.3 Å². The van der Waals surface area contributed by atoms with Gasteiger partial charge in [0, 0.05) is 30.0 Å². The zero-order valence-corrected chi connectivity index (χ0v) is 20.5. The predicted molar refractivity (Wildman–Crippen MR) is 128 cm³/mol. The molecule has 0 saturated heterocycles. The molecule has 0 saturated carbocycles. The molecule has 1 N–H and O–H groups in total. The molecule has 2 aromatic carbocycles. The number of carbonyl (C=O) groups excluding carboxylic acids is 1. The third-order valence-corrected chi connectivity index (χ3v) is 6.62. The minimum Gasteiger partial charge on any atom is -0.496 e. The van der Waals surface area contributed by atoms with Crippen molar-refractivity contribution < 1.29 is 31.5 Å². The average Bonchev–Trinajstić information content (AvgIpc) is 2.82. The van der Waals surface area contributed by atoms with E-state index in [9.17, 15) is 22.0 Å². The Morgan fingerprint density at radius 1 is 1.06 bits per heavy atom. The summed E-state index contributed by atoms with van der Waals surface area (Å²) in [6.07, 6.45) is -1.57. The molecule has 1 aromatic heterocycles. The maximum absolute atomic E-state index is 13.3. The molecule has 0 bridgehead atoms. The Balaban J connectivity index is 1.91. The fraction of sp³-hybridized carbons (Fsp3) is 0.280. The number of methoxy groups -OCH3 is 2. The summed E-state index contributed by atoms with van der Waals surface area (Å²) in [6, 6.07) is 11.8. The minimum atomic E-state index is -4.09. The van der Waals surface area contributed by atoms with Gasteiger partial charge in [-0.1, -0.05) is 23.8 Å². The molecule has 3 rings (SSSR count). The van der Waals surface area contributed by atoms with Crippen LogP contribution in [0.2, 0.25) is 0 Å². The van der Waals surface area contributed by atoms with Gasteiger partial charge in [-0.05, 0) is 55.3 Å². The van der Waals surface area contributed by atoms with Gasteiger partial charge in [-0.25, -0.2) is 21.9 Å². The highest BCUT2D eigenvalue weighted by Gasteiger charge is 2.22. The first-order valence-electron chi connectivity index (χ1n) is 10.6. The van der Waals surface area contributed by atoms with Crippen molar-refractivity contribution in [2.45, 2.75) is 32.1 Å².